The third-order valence-electron chi connectivity index (χ3n) is 9.19. The van der Waals surface area contributed by atoms with Gasteiger partial charge in [-0.05, 0) is 23.3 Å². The van der Waals surface area contributed by atoms with Crippen LogP contribution in [0.1, 0.15) is 41.6 Å². The predicted octanol–water partition coefficient (Wildman–Crippen LogP) is 11.6. The Morgan fingerprint density at radius 1 is 0.482 bits per heavy atom. The van der Waals surface area contributed by atoms with Crippen LogP contribution in [0.5, 0.6) is 0 Å². The van der Waals surface area contributed by atoms with E-state index < -0.39 is 35.0 Å². The molecule has 14 heteroatoms. The summed E-state index contributed by atoms with van der Waals surface area (Å²) in [5, 5.41) is -0.661. The fourth-order valence-electron chi connectivity index (χ4n) is 6.43. The Hall–Kier alpha value is -6.38. The highest BCUT2D eigenvalue weighted by Crippen LogP contribution is 2.46. The summed E-state index contributed by atoms with van der Waals surface area (Å²) in [5.41, 5.74) is 12.6. The van der Waals surface area contributed by atoms with Crippen LogP contribution in [0, 0.1) is 0 Å². The van der Waals surface area contributed by atoms with Gasteiger partial charge >= 0.3 is 12.4 Å². The Morgan fingerprint density at radius 3 is 1.14 bits per heavy atom. The van der Waals surface area contributed by atoms with Gasteiger partial charge < -0.3 is 11.5 Å². The molecule has 4 aromatic carbocycles. The number of alkyl halides is 6. The normalized spacial score (nSPS) is 12.0. The number of nitrogen functional groups attached to an aromatic ring is 2. The molecular weight excluding hydrogens is 771 g/mol. The van der Waals surface area contributed by atoms with E-state index in [1.165, 1.54) is 24.3 Å². The van der Waals surface area contributed by atoms with Gasteiger partial charge in [-0.2, -0.15) is 26.3 Å². The van der Waals surface area contributed by atoms with E-state index in [9.17, 15) is 35.9 Å². The van der Waals surface area contributed by atoms with Crippen molar-refractivity contribution in [3.05, 3.63) is 153 Å². The predicted molar refractivity (Wildman–Crippen MR) is 208 cm³/mol. The Balaban J connectivity index is 1.07. The number of carbonyl (C=O) groups is 2. The number of carbonyl (C=O) groups excluding carboxylic acids is 2. The lowest BCUT2D eigenvalue weighted by Crippen LogP contribution is -2.08. The van der Waals surface area contributed by atoms with E-state index in [-0.39, 0.29) is 64.1 Å². The number of nitrogens with two attached hydrogens (primary N) is 2. The molecule has 8 aromatic rings. The molecule has 0 aliphatic rings. The van der Waals surface area contributed by atoms with E-state index in [4.69, 9.17) is 11.5 Å². The monoisotopic (exact) mass is 794 g/mol. The van der Waals surface area contributed by atoms with Crippen molar-refractivity contribution in [2.45, 2.75) is 12.4 Å². The molecule has 0 amide bonds. The number of fused-ring (bicyclic) bond motifs is 2. The maximum Gasteiger partial charge on any atom is 0.417 e. The lowest BCUT2D eigenvalue weighted by molar-refractivity contribution is -0.137. The minimum absolute atomic E-state index is 0.0165. The Bertz CT molecular complexity index is 2620. The fourth-order valence-corrected chi connectivity index (χ4v) is 8.59. The number of rotatable bonds is 7. The summed E-state index contributed by atoms with van der Waals surface area (Å²) in [5.74, 6) is -1.15. The van der Waals surface area contributed by atoms with E-state index >= 15 is 0 Å². The van der Waals surface area contributed by atoms with Crippen molar-refractivity contribution in [1.29, 1.82) is 0 Å². The average molecular weight is 795 g/mol. The first kappa shape index (κ1) is 36.6. The summed E-state index contributed by atoms with van der Waals surface area (Å²) in [6.45, 7) is 0. The number of thiophene rings is 2. The van der Waals surface area contributed by atoms with Crippen LogP contribution >= 0.6 is 22.7 Å². The zero-order valence-corrected chi connectivity index (χ0v) is 30.1. The number of nitrogens with zero attached hydrogens (tertiary/aromatic N) is 2. The van der Waals surface area contributed by atoms with Crippen LogP contribution < -0.4 is 11.5 Å². The number of benzene rings is 4. The van der Waals surface area contributed by atoms with Gasteiger partial charge in [0.15, 0.2) is 0 Å². The first-order chi connectivity index (χ1) is 26.7. The maximum absolute atomic E-state index is 14.2. The molecule has 278 valence electrons. The van der Waals surface area contributed by atoms with E-state index in [1.54, 1.807) is 84.9 Å². The Kier molecular flexibility index (Phi) is 8.97. The molecule has 0 aliphatic heterocycles. The third-order valence-corrected chi connectivity index (χ3v) is 11.4. The second-order valence-electron chi connectivity index (χ2n) is 12.7. The molecular formula is C42H24F6N4O2S2. The smallest absolute Gasteiger partial charge is 0.397 e. The second-order valence-corrected chi connectivity index (χ2v) is 14.7. The van der Waals surface area contributed by atoms with E-state index in [1.807, 2.05) is 0 Å². The number of aromatic nitrogens is 2. The molecule has 0 spiro atoms. The van der Waals surface area contributed by atoms with Crippen LogP contribution in [-0.4, -0.2) is 21.5 Å². The van der Waals surface area contributed by atoms with Gasteiger partial charge in [-0.1, -0.05) is 109 Å². The van der Waals surface area contributed by atoms with Gasteiger partial charge in [0.25, 0.3) is 0 Å². The molecule has 4 heterocycles. The van der Waals surface area contributed by atoms with Gasteiger partial charge in [0.05, 0.1) is 33.9 Å². The molecule has 0 unspecified atom stereocenters. The van der Waals surface area contributed by atoms with Crippen molar-refractivity contribution in [1.82, 2.24) is 9.97 Å². The first-order valence-corrected chi connectivity index (χ1v) is 18.3. The van der Waals surface area contributed by atoms with Gasteiger partial charge in [-0.25, -0.2) is 9.97 Å². The summed E-state index contributed by atoms with van der Waals surface area (Å²) < 4.78 is 85.5. The Morgan fingerprint density at radius 2 is 0.821 bits per heavy atom. The number of halogens is 6. The first-order valence-electron chi connectivity index (χ1n) is 16.7. The average Bonchev–Trinajstić information content (AvgIpc) is 3.72. The van der Waals surface area contributed by atoms with Crippen molar-refractivity contribution < 1.29 is 35.9 Å². The maximum atomic E-state index is 14.2. The molecule has 0 radical (unpaired) electrons. The van der Waals surface area contributed by atoms with Gasteiger partial charge in [0.2, 0.25) is 11.6 Å². The van der Waals surface area contributed by atoms with Gasteiger partial charge in [0.1, 0.15) is 19.4 Å². The summed E-state index contributed by atoms with van der Waals surface area (Å²) in [4.78, 5) is 35.9. The Labute approximate surface area is 321 Å². The minimum Gasteiger partial charge on any atom is -0.397 e. The van der Waals surface area contributed by atoms with Gasteiger partial charge in [-0.3, -0.25) is 9.59 Å². The second kappa shape index (κ2) is 13.7. The van der Waals surface area contributed by atoms with Crippen LogP contribution in [0.3, 0.4) is 0 Å². The lowest BCUT2D eigenvalue weighted by atomic mass is 9.99. The summed E-state index contributed by atoms with van der Waals surface area (Å²) in [6, 6.07) is 31.2. The number of anilines is 2. The number of ketones is 2. The van der Waals surface area contributed by atoms with Crippen LogP contribution in [-0.2, 0) is 12.4 Å². The van der Waals surface area contributed by atoms with E-state index in [0.717, 1.165) is 34.8 Å². The molecule has 0 saturated heterocycles. The van der Waals surface area contributed by atoms with Crippen molar-refractivity contribution >= 4 is 66.0 Å². The minimum atomic E-state index is -4.76. The highest BCUT2D eigenvalue weighted by atomic mass is 32.1. The molecule has 0 atom stereocenters. The molecule has 4 N–H and O–H groups in total. The lowest BCUT2D eigenvalue weighted by Gasteiger charge is -2.11. The highest BCUT2D eigenvalue weighted by molar-refractivity contribution is 7.21. The van der Waals surface area contributed by atoms with Crippen LogP contribution in [0.15, 0.2) is 121 Å². The molecule has 8 rings (SSSR count). The topological polar surface area (TPSA) is 112 Å². The largest absolute Gasteiger partial charge is 0.417 e. The van der Waals surface area contributed by atoms with Crippen molar-refractivity contribution in [2.24, 2.45) is 0 Å². The van der Waals surface area contributed by atoms with Crippen LogP contribution in [0.4, 0.5) is 37.7 Å². The molecule has 0 aliphatic carbocycles. The van der Waals surface area contributed by atoms with E-state index in [2.05, 4.69) is 9.97 Å². The summed E-state index contributed by atoms with van der Waals surface area (Å²) >= 11 is 1.57. The van der Waals surface area contributed by atoms with Crippen molar-refractivity contribution in [2.75, 3.05) is 11.5 Å². The SMILES string of the molecule is Nc1c(C(=O)c2ccc(-c3ccc(C(=O)c4sc5nc(-c6ccccc6)cc(C(F)(F)F)c5c4N)cc3)cc2)sc2nc(-c3ccccc3)cc(C(F)(F)F)c12. The third kappa shape index (κ3) is 6.56. The number of hydrogen-bond acceptors (Lipinski definition) is 8. The molecule has 0 saturated carbocycles. The quantitative estimate of drug-likeness (QED) is 0.123. The van der Waals surface area contributed by atoms with E-state index in [0.29, 0.717) is 22.3 Å². The molecule has 0 fully saturated rings. The number of hydrogen-bond donors (Lipinski definition) is 2. The molecule has 6 nitrogen and oxygen atoms in total. The zero-order chi connectivity index (χ0) is 39.5. The zero-order valence-electron chi connectivity index (χ0n) is 28.5. The molecule has 0 bridgehead atoms. The molecule has 4 aromatic heterocycles. The summed E-state index contributed by atoms with van der Waals surface area (Å²) in [7, 11) is 0. The van der Waals surface area contributed by atoms with Crippen molar-refractivity contribution in [3.63, 3.8) is 0 Å². The fraction of sp³-hybridized carbons (Fsp3) is 0.0476. The summed E-state index contributed by atoms with van der Waals surface area (Å²) in [6.07, 6.45) is -9.51. The molecule has 56 heavy (non-hydrogen) atoms. The highest BCUT2D eigenvalue weighted by Gasteiger charge is 2.38. The van der Waals surface area contributed by atoms with Crippen LogP contribution in [0.2, 0.25) is 0 Å². The number of pyridine rings is 2. The van der Waals surface area contributed by atoms with Crippen molar-refractivity contribution in [3.8, 4) is 33.6 Å². The van der Waals surface area contributed by atoms with Crippen LogP contribution in [0.25, 0.3) is 54.1 Å². The van der Waals surface area contributed by atoms with Gasteiger partial charge in [0, 0.05) is 33.0 Å². The van der Waals surface area contributed by atoms with Gasteiger partial charge in [-0.15, -0.1) is 22.7 Å². The standard InChI is InChI=1S/C42H24F6N4O2S2/c43-41(44,45)27-19-29(23-7-3-1-4-8-23)51-39-31(27)33(49)37(55-39)35(53)25-15-11-21(12-16-25)22-13-17-26(18-14-22)36(54)38-34(50)32-28(42(46,47)48)20-30(52-40(32)56-38)24-9-5-2-6-10-24/h1-20H,49-50H2.